The largest absolute Gasteiger partial charge is 0.345 e. The molecule has 0 saturated heterocycles. The van der Waals surface area contributed by atoms with Crippen LogP contribution in [0, 0.1) is 0 Å². The Bertz CT molecular complexity index is 645. The van der Waals surface area contributed by atoms with E-state index in [0.29, 0.717) is 6.54 Å². The predicted octanol–water partition coefficient (Wildman–Crippen LogP) is 2.78. The predicted molar refractivity (Wildman–Crippen MR) is 95.9 cm³/mol. The molecule has 0 spiro atoms. The van der Waals surface area contributed by atoms with Gasteiger partial charge in [0, 0.05) is 12.8 Å². The number of nitrogens with zero attached hydrogens (tertiary/aromatic N) is 1. The Labute approximate surface area is 144 Å². The quantitative estimate of drug-likeness (QED) is 0.935. The molecule has 0 radical (unpaired) electrons. The first kappa shape index (κ1) is 17.5. The van der Waals surface area contributed by atoms with Crippen LogP contribution in [0.2, 0.25) is 0 Å². The molecule has 1 amide bonds. The van der Waals surface area contributed by atoms with Gasteiger partial charge in [-0.25, -0.2) is 0 Å². The molecule has 0 aliphatic heterocycles. The summed E-state index contributed by atoms with van der Waals surface area (Å²) in [4.78, 5) is 14.3. The lowest BCUT2D eigenvalue weighted by molar-refractivity contribution is -0.123. The summed E-state index contributed by atoms with van der Waals surface area (Å²) in [5.74, 6) is 0.0710. The highest BCUT2D eigenvalue weighted by Gasteiger charge is 2.39. The molecule has 0 atom stereocenters. The minimum Gasteiger partial charge on any atom is -0.345 e. The zero-order valence-electron chi connectivity index (χ0n) is 13.6. The Morgan fingerprint density at radius 1 is 1.00 bits per heavy atom. The molecule has 0 saturated carbocycles. The monoisotopic (exact) mass is 330 g/mol. The average Bonchev–Trinajstić information content (AvgIpc) is 2.86. The Balaban J connectivity index is 0.00000192. The van der Waals surface area contributed by atoms with Gasteiger partial charge in [0.2, 0.25) is 5.91 Å². The second kappa shape index (κ2) is 7.16. The average molecular weight is 331 g/mol. The Morgan fingerprint density at radius 2 is 1.52 bits per heavy atom. The van der Waals surface area contributed by atoms with E-state index in [1.807, 2.05) is 37.2 Å². The van der Waals surface area contributed by atoms with Crippen LogP contribution in [0.4, 0.5) is 0 Å². The van der Waals surface area contributed by atoms with Crippen LogP contribution in [0.15, 0.2) is 54.6 Å². The SMILES string of the molecule is CN(C)CC(=O)NC1(c2ccccc2)Cc2ccccc2C1.Cl. The standard InChI is InChI=1S/C19H22N2O.ClH/c1-21(2)14-18(22)20-19(17-10-4-3-5-11-17)12-15-8-6-7-9-16(15)13-19;/h3-11H,12-14H2,1-2H3,(H,20,22);1H. The number of fused-ring (bicyclic) bond motifs is 1. The van der Waals surface area contributed by atoms with Crippen LogP contribution in [0.3, 0.4) is 0 Å². The first-order chi connectivity index (χ1) is 10.6. The van der Waals surface area contributed by atoms with Crippen LogP contribution in [0.5, 0.6) is 0 Å². The fourth-order valence-corrected chi connectivity index (χ4v) is 3.33. The first-order valence-corrected chi connectivity index (χ1v) is 7.67. The lowest BCUT2D eigenvalue weighted by atomic mass is 9.86. The van der Waals surface area contributed by atoms with E-state index in [9.17, 15) is 4.79 Å². The Hall–Kier alpha value is -1.84. The molecular weight excluding hydrogens is 308 g/mol. The van der Waals surface area contributed by atoms with Crippen molar-refractivity contribution in [1.29, 1.82) is 0 Å². The van der Waals surface area contributed by atoms with Crippen molar-refractivity contribution in [3.63, 3.8) is 0 Å². The number of likely N-dealkylation sites (N-methyl/N-ethyl adjacent to an activating group) is 1. The van der Waals surface area contributed by atoms with Crippen LogP contribution in [-0.4, -0.2) is 31.4 Å². The van der Waals surface area contributed by atoms with Crippen molar-refractivity contribution < 1.29 is 4.79 Å². The first-order valence-electron chi connectivity index (χ1n) is 7.67. The molecule has 0 aromatic heterocycles. The van der Waals surface area contributed by atoms with Gasteiger partial charge < -0.3 is 10.2 Å². The van der Waals surface area contributed by atoms with E-state index in [-0.39, 0.29) is 23.9 Å². The van der Waals surface area contributed by atoms with Gasteiger partial charge in [0.25, 0.3) is 0 Å². The second-order valence-corrected chi connectivity index (χ2v) is 6.36. The molecular formula is C19H23ClN2O. The lowest BCUT2D eigenvalue weighted by Crippen LogP contribution is -2.49. The number of carbonyl (C=O) groups is 1. The highest BCUT2D eigenvalue weighted by Crippen LogP contribution is 2.37. The zero-order chi connectivity index (χ0) is 15.6. The normalized spacial score (nSPS) is 14.9. The summed E-state index contributed by atoms with van der Waals surface area (Å²) in [5, 5.41) is 3.31. The summed E-state index contributed by atoms with van der Waals surface area (Å²) in [6.07, 6.45) is 1.71. The lowest BCUT2D eigenvalue weighted by Gasteiger charge is -2.31. The van der Waals surface area contributed by atoms with E-state index in [0.717, 1.165) is 12.8 Å². The van der Waals surface area contributed by atoms with Gasteiger partial charge in [-0.1, -0.05) is 54.6 Å². The van der Waals surface area contributed by atoms with Crippen LogP contribution in [0.1, 0.15) is 16.7 Å². The number of carbonyl (C=O) groups excluding carboxylic acids is 1. The maximum absolute atomic E-state index is 12.4. The third kappa shape index (κ3) is 3.74. The van der Waals surface area contributed by atoms with Crippen LogP contribution in [0.25, 0.3) is 0 Å². The van der Waals surface area contributed by atoms with E-state index >= 15 is 0 Å². The smallest absolute Gasteiger partial charge is 0.234 e. The molecule has 3 nitrogen and oxygen atoms in total. The van der Waals surface area contributed by atoms with E-state index in [1.165, 1.54) is 16.7 Å². The van der Waals surface area contributed by atoms with Crippen molar-refractivity contribution >= 4 is 18.3 Å². The number of nitrogens with one attached hydrogen (secondary N) is 1. The molecule has 1 aliphatic carbocycles. The molecule has 1 aliphatic rings. The molecule has 1 N–H and O–H groups in total. The maximum Gasteiger partial charge on any atom is 0.234 e. The van der Waals surface area contributed by atoms with Crippen LogP contribution < -0.4 is 5.32 Å². The summed E-state index contributed by atoms with van der Waals surface area (Å²) in [7, 11) is 3.83. The van der Waals surface area contributed by atoms with Crippen molar-refractivity contribution in [3.8, 4) is 0 Å². The molecule has 4 heteroatoms. The Kier molecular flexibility index (Phi) is 5.45. The summed E-state index contributed by atoms with van der Waals surface area (Å²) < 4.78 is 0. The minimum atomic E-state index is -0.321. The Morgan fingerprint density at radius 3 is 2.04 bits per heavy atom. The number of hydrogen-bond acceptors (Lipinski definition) is 2. The number of amides is 1. The molecule has 0 bridgehead atoms. The van der Waals surface area contributed by atoms with Gasteiger partial charge in [-0.15, -0.1) is 12.4 Å². The molecule has 0 fully saturated rings. The number of hydrogen-bond donors (Lipinski definition) is 1. The van der Waals surface area contributed by atoms with E-state index in [1.54, 1.807) is 0 Å². The van der Waals surface area contributed by atoms with Gasteiger partial charge in [-0.3, -0.25) is 4.79 Å². The van der Waals surface area contributed by atoms with E-state index in [4.69, 9.17) is 0 Å². The van der Waals surface area contributed by atoms with Gasteiger partial charge in [-0.05, 0) is 30.8 Å². The van der Waals surface area contributed by atoms with Crippen LogP contribution in [-0.2, 0) is 23.2 Å². The summed E-state index contributed by atoms with van der Waals surface area (Å²) in [6, 6.07) is 18.8. The van der Waals surface area contributed by atoms with Crippen molar-refractivity contribution in [2.75, 3.05) is 20.6 Å². The topological polar surface area (TPSA) is 32.3 Å². The molecule has 0 unspecified atom stereocenters. The minimum absolute atomic E-state index is 0. The number of benzene rings is 2. The van der Waals surface area contributed by atoms with Crippen molar-refractivity contribution in [2.45, 2.75) is 18.4 Å². The van der Waals surface area contributed by atoms with Gasteiger partial charge in [0.1, 0.15) is 0 Å². The van der Waals surface area contributed by atoms with Gasteiger partial charge >= 0.3 is 0 Å². The molecule has 2 aromatic rings. The zero-order valence-corrected chi connectivity index (χ0v) is 14.4. The summed E-state index contributed by atoms with van der Waals surface area (Å²) in [6.45, 7) is 0.408. The van der Waals surface area contributed by atoms with Gasteiger partial charge in [-0.2, -0.15) is 0 Å². The van der Waals surface area contributed by atoms with Gasteiger partial charge in [0.15, 0.2) is 0 Å². The molecule has 3 rings (SSSR count). The fraction of sp³-hybridized carbons (Fsp3) is 0.316. The third-order valence-electron chi connectivity index (χ3n) is 4.27. The number of rotatable bonds is 4. The fourth-order valence-electron chi connectivity index (χ4n) is 3.33. The van der Waals surface area contributed by atoms with Gasteiger partial charge in [0.05, 0.1) is 12.1 Å². The maximum atomic E-state index is 12.4. The highest BCUT2D eigenvalue weighted by molar-refractivity contribution is 5.85. The number of halogens is 1. The van der Waals surface area contributed by atoms with E-state index in [2.05, 4.69) is 41.7 Å². The van der Waals surface area contributed by atoms with Crippen LogP contribution >= 0.6 is 12.4 Å². The summed E-state index contributed by atoms with van der Waals surface area (Å²) in [5.41, 5.74) is 3.52. The molecule has 2 aromatic carbocycles. The molecule has 0 heterocycles. The second-order valence-electron chi connectivity index (χ2n) is 6.36. The van der Waals surface area contributed by atoms with Crippen molar-refractivity contribution in [2.24, 2.45) is 0 Å². The van der Waals surface area contributed by atoms with E-state index < -0.39 is 0 Å². The molecule has 23 heavy (non-hydrogen) atoms. The molecule has 122 valence electrons. The van der Waals surface area contributed by atoms with Crippen molar-refractivity contribution in [1.82, 2.24) is 10.2 Å². The summed E-state index contributed by atoms with van der Waals surface area (Å²) >= 11 is 0. The highest BCUT2D eigenvalue weighted by atomic mass is 35.5. The van der Waals surface area contributed by atoms with Crippen molar-refractivity contribution in [3.05, 3.63) is 71.3 Å². The third-order valence-corrected chi connectivity index (χ3v) is 4.27.